The predicted octanol–water partition coefficient (Wildman–Crippen LogP) is 0.964. The Morgan fingerprint density at radius 2 is 1.88 bits per heavy atom. The van der Waals surface area contributed by atoms with E-state index in [0.717, 1.165) is 12.8 Å². The number of carbonyl (C=O) groups is 2. The van der Waals surface area contributed by atoms with Crippen molar-refractivity contribution in [1.29, 1.82) is 0 Å². The van der Waals surface area contributed by atoms with Crippen molar-refractivity contribution >= 4 is 12.0 Å². The first-order valence-corrected chi connectivity index (χ1v) is 5.70. The highest BCUT2D eigenvalue weighted by Gasteiger charge is 2.23. The molecule has 3 N–H and O–H groups in total. The summed E-state index contributed by atoms with van der Waals surface area (Å²) in [5, 5.41) is 14.0. The monoisotopic (exact) mass is 246 g/mol. The van der Waals surface area contributed by atoms with Crippen LogP contribution in [0.25, 0.3) is 0 Å². The fraction of sp³-hybridized carbons (Fsp3) is 0.818. The summed E-state index contributed by atoms with van der Waals surface area (Å²) in [6, 6.07) is -0.375. The first-order valence-electron chi connectivity index (χ1n) is 5.70. The summed E-state index contributed by atoms with van der Waals surface area (Å²) in [5.41, 5.74) is -0.268. The van der Waals surface area contributed by atoms with E-state index in [2.05, 4.69) is 10.6 Å². The summed E-state index contributed by atoms with van der Waals surface area (Å²) in [5.74, 6) is -1.10. The third kappa shape index (κ3) is 5.53. The molecule has 0 aromatic carbocycles. The molecule has 6 nitrogen and oxygen atoms in total. The van der Waals surface area contributed by atoms with E-state index in [0.29, 0.717) is 0 Å². The van der Waals surface area contributed by atoms with Crippen molar-refractivity contribution in [3.8, 4) is 0 Å². The summed E-state index contributed by atoms with van der Waals surface area (Å²) in [6.07, 6.45) is 0.600. The molecule has 0 radical (unpaired) electrons. The van der Waals surface area contributed by atoms with Crippen LogP contribution in [0.15, 0.2) is 0 Å². The molecule has 2 amide bonds. The van der Waals surface area contributed by atoms with Crippen LogP contribution in [0.2, 0.25) is 0 Å². The molecule has 0 aliphatic carbocycles. The third-order valence-corrected chi connectivity index (χ3v) is 2.98. The van der Waals surface area contributed by atoms with Gasteiger partial charge < -0.3 is 20.5 Å². The average Bonchev–Trinajstić information content (AvgIpc) is 2.29. The van der Waals surface area contributed by atoms with Crippen molar-refractivity contribution in [3.05, 3.63) is 0 Å². The maximum atomic E-state index is 11.5. The van der Waals surface area contributed by atoms with Gasteiger partial charge in [-0.15, -0.1) is 0 Å². The molecule has 0 fully saturated rings. The lowest BCUT2D eigenvalue weighted by atomic mass is 9.96. The summed E-state index contributed by atoms with van der Waals surface area (Å²) in [6.45, 7) is 5.86. The van der Waals surface area contributed by atoms with Gasteiger partial charge in [-0.1, -0.05) is 13.8 Å². The number of carboxylic acids is 1. The topological polar surface area (TPSA) is 87.7 Å². The Bertz CT molecular complexity index is 264. The van der Waals surface area contributed by atoms with Crippen LogP contribution in [0.3, 0.4) is 0 Å². The molecule has 0 aromatic heterocycles. The second-order valence-corrected chi connectivity index (χ2v) is 4.17. The Morgan fingerprint density at radius 3 is 2.24 bits per heavy atom. The maximum Gasteiger partial charge on any atom is 0.334 e. The molecule has 0 aliphatic rings. The van der Waals surface area contributed by atoms with Crippen LogP contribution >= 0.6 is 0 Å². The minimum atomic E-state index is -1.10. The minimum Gasteiger partial charge on any atom is -0.479 e. The van der Waals surface area contributed by atoms with Crippen LogP contribution in [0.1, 0.15) is 33.6 Å². The molecule has 1 unspecified atom stereocenters. The second-order valence-electron chi connectivity index (χ2n) is 4.17. The molecular formula is C11H22N2O4. The first-order chi connectivity index (χ1) is 7.88. The van der Waals surface area contributed by atoms with Gasteiger partial charge in [0.05, 0.1) is 6.54 Å². The highest BCUT2D eigenvalue weighted by Crippen LogP contribution is 2.12. The lowest BCUT2D eigenvalue weighted by Crippen LogP contribution is -2.51. The van der Waals surface area contributed by atoms with E-state index in [1.165, 1.54) is 7.11 Å². The van der Waals surface area contributed by atoms with E-state index in [1.54, 1.807) is 0 Å². The maximum absolute atomic E-state index is 11.5. The van der Waals surface area contributed by atoms with E-state index in [1.807, 2.05) is 20.8 Å². The van der Waals surface area contributed by atoms with Gasteiger partial charge in [-0.2, -0.15) is 0 Å². The summed E-state index contributed by atoms with van der Waals surface area (Å²) in [7, 11) is 1.29. The van der Waals surface area contributed by atoms with Crippen LogP contribution in [0.5, 0.6) is 0 Å². The van der Waals surface area contributed by atoms with Crippen molar-refractivity contribution < 1.29 is 19.4 Å². The van der Waals surface area contributed by atoms with Gasteiger partial charge in [0.1, 0.15) is 0 Å². The number of carbonyl (C=O) groups excluding carboxylic acids is 1. The van der Waals surface area contributed by atoms with Gasteiger partial charge in [-0.05, 0) is 19.8 Å². The zero-order valence-corrected chi connectivity index (χ0v) is 10.9. The number of nitrogens with one attached hydrogen (secondary N) is 2. The SMILES string of the molecule is CCC(C)(CC)NC(=O)NCC(OC)C(=O)O. The van der Waals surface area contributed by atoms with E-state index in [9.17, 15) is 9.59 Å². The van der Waals surface area contributed by atoms with Crippen LogP contribution in [-0.4, -0.2) is 42.4 Å². The van der Waals surface area contributed by atoms with Gasteiger partial charge in [0.25, 0.3) is 0 Å². The largest absolute Gasteiger partial charge is 0.479 e. The Balaban J connectivity index is 4.15. The van der Waals surface area contributed by atoms with Gasteiger partial charge >= 0.3 is 12.0 Å². The summed E-state index contributed by atoms with van der Waals surface area (Å²) >= 11 is 0. The third-order valence-electron chi connectivity index (χ3n) is 2.98. The number of ether oxygens (including phenoxy) is 1. The molecule has 0 heterocycles. The number of carboxylic acid groups (broad SMARTS) is 1. The number of rotatable bonds is 7. The lowest BCUT2D eigenvalue weighted by Gasteiger charge is -2.28. The number of urea groups is 1. The summed E-state index contributed by atoms with van der Waals surface area (Å²) in [4.78, 5) is 22.2. The van der Waals surface area contributed by atoms with Gasteiger partial charge in [-0.3, -0.25) is 0 Å². The van der Waals surface area contributed by atoms with Crippen LogP contribution < -0.4 is 10.6 Å². The fourth-order valence-corrected chi connectivity index (χ4v) is 1.20. The Hall–Kier alpha value is -1.30. The standard InChI is InChI=1S/C11H22N2O4/c1-5-11(3,6-2)13-10(16)12-7-8(17-4)9(14)15/h8H,5-7H2,1-4H3,(H,14,15)(H2,12,13,16). The number of methoxy groups -OCH3 is 1. The molecule has 0 aliphatic heterocycles. The van der Waals surface area contributed by atoms with Gasteiger partial charge in [0, 0.05) is 12.6 Å². The molecular weight excluding hydrogens is 224 g/mol. The van der Waals surface area contributed by atoms with Gasteiger partial charge in [-0.25, -0.2) is 9.59 Å². The van der Waals surface area contributed by atoms with E-state index in [-0.39, 0.29) is 18.1 Å². The second kappa shape index (κ2) is 7.11. The quantitative estimate of drug-likeness (QED) is 0.624. The number of hydrogen-bond acceptors (Lipinski definition) is 3. The predicted molar refractivity (Wildman–Crippen MR) is 64.0 cm³/mol. The number of aliphatic carboxylic acids is 1. The van der Waals surface area contributed by atoms with Crippen LogP contribution in [-0.2, 0) is 9.53 Å². The highest BCUT2D eigenvalue weighted by molar-refractivity contribution is 5.77. The Kier molecular flexibility index (Phi) is 6.57. The van der Waals surface area contributed by atoms with E-state index < -0.39 is 12.1 Å². The first kappa shape index (κ1) is 15.7. The molecule has 0 aromatic rings. The number of hydrogen-bond donors (Lipinski definition) is 3. The van der Waals surface area contributed by atoms with Crippen LogP contribution in [0.4, 0.5) is 4.79 Å². The molecule has 1 atom stereocenters. The molecule has 0 saturated heterocycles. The normalized spacial score (nSPS) is 12.9. The Labute approximate surface area is 102 Å². The van der Waals surface area contributed by atoms with E-state index >= 15 is 0 Å². The molecule has 0 bridgehead atoms. The zero-order chi connectivity index (χ0) is 13.5. The van der Waals surface area contributed by atoms with Crippen molar-refractivity contribution in [1.82, 2.24) is 10.6 Å². The molecule has 0 saturated carbocycles. The van der Waals surface area contributed by atoms with Crippen molar-refractivity contribution in [2.75, 3.05) is 13.7 Å². The van der Waals surface area contributed by atoms with Crippen LogP contribution in [0, 0.1) is 0 Å². The Morgan fingerprint density at radius 1 is 1.35 bits per heavy atom. The van der Waals surface area contributed by atoms with Gasteiger partial charge in [0.15, 0.2) is 6.10 Å². The molecule has 17 heavy (non-hydrogen) atoms. The van der Waals surface area contributed by atoms with Gasteiger partial charge in [0.2, 0.25) is 0 Å². The van der Waals surface area contributed by atoms with Crippen molar-refractivity contribution in [3.63, 3.8) is 0 Å². The number of amides is 2. The molecule has 0 spiro atoms. The smallest absolute Gasteiger partial charge is 0.334 e. The fourth-order valence-electron chi connectivity index (χ4n) is 1.20. The molecule has 100 valence electrons. The average molecular weight is 246 g/mol. The molecule has 6 heteroatoms. The highest BCUT2D eigenvalue weighted by atomic mass is 16.5. The van der Waals surface area contributed by atoms with Crippen molar-refractivity contribution in [2.45, 2.75) is 45.3 Å². The zero-order valence-electron chi connectivity index (χ0n) is 10.9. The molecule has 0 rings (SSSR count). The summed E-state index contributed by atoms with van der Waals surface area (Å²) < 4.78 is 4.70. The van der Waals surface area contributed by atoms with Crippen molar-refractivity contribution in [2.24, 2.45) is 0 Å². The minimum absolute atomic E-state index is 0.0544. The van der Waals surface area contributed by atoms with E-state index in [4.69, 9.17) is 9.84 Å². The lowest BCUT2D eigenvalue weighted by molar-refractivity contribution is -0.147.